The first-order valence-corrected chi connectivity index (χ1v) is 6.82. The molecule has 124 valence electrons. The van der Waals surface area contributed by atoms with Crippen LogP contribution in [0.5, 0.6) is 5.75 Å². The summed E-state index contributed by atoms with van der Waals surface area (Å²) in [7, 11) is 1.18. The predicted octanol–water partition coefficient (Wildman–Crippen LogP) is 2.93. The summed E-state index contributed by atoms with van der Waals surface area (Å²) in [5.74, 6) is -0.168. The maximum Gasteiger partial charge on any atom is 0.416 e. The minimum atomic E-state index is -4.54. The summed E-state index contributed by atoms with van der Waals surface area (Å²) in [4.78, 5) is 1.56. The van der Waals surface area contributed by atoms with Gasteiger partial charge in [-0.2, -0.15) is 13.2 Å². The van der Waals surface area contributed by atoms with Gasteiger partial charge in [0.05, 0.1) is 18.7 Å². The van der Waals surface area contributed by atoms with E-state index in [4.69, 9.17) is 4.74 Å². The van der Waals surface area contributed by atoms with Crippen molar-refractivity contribution in [1.82, 2.24) is 10.2 Å². The Labute approximate surface area is 125 Å². The number of alkyl halides is 5. The van der Waals surface area contributed by atoms with E-state index in [0.29, 0.717) is 26.2 Å². The third-order valence-corrected chi connectivity index (χ3v) is 3.66. The van der Waals surface area contributed by atoms with Crippen LogP contribution in [0.4, 0.5) is 22.0 Å². The van der Waals surface area contributed by atoms with Crippen molar-refractivity contribution in [3.05, 3.63) is 29.3 Å². The molecule has 1 aliphatic rings. The van der Waals surface area contributed by atoms with E-state index in [0.717, 1.165) is 18.2 Å². The van der Waals surface area contributed by atoms with E-state index in [1.807, 2.05) is 0 Å². The van der Waals surface area contributed by atoms with Gasteiger partial charge in [0.15, 0.2) is 0 Å². The van der Waals surface area contributed by atoms with Crippen LogP contribution < -0.4 is 10.1 Å². The van der Waals surface area contributed by atoms with Crippen LogP contribution in [-0.2, 0) is 6.18 Å². The lowest BCUT2D eigenvalue weighted by Crippen LogP contribution is -2.47. The fourth-order valence-electron chi connectivity index (χ4n) is 2.58. The third-order valence-electron chi connectivity index (χ3n) is 3.66. The zero-order chi connectivity index (χ0) is 16.3. The van der Waals surface area contributed by atoms with Gasteiger partial charge in [0.25, 0.3) is 6.43 Å². The average molecular weight is 324 g/mol. The Morgan fingerprint density at radius 1 is 1.18 bits per heavy atom. The Morgan fingerprint density at radius 3 is 2.32 bits per heavy atom. The van der Waals surface area contributed by atoms with Gasteiger partial charge in [0, 0.05) is 31.7 Å². The molecule has 1 aromatic carbocycles. The normalized spacial score (nSPS) is 18.5. The topological polar surface area (TPSA) is 24.5 Å². The number of nitrogens with zero attached hydrogens (tertiary/aromatic N) is 1. The molecule has 0 amide bonds. The van der Waals surface area contributed by atoms with Crippen molar-refractivity contribution in [3.8, 4) is 5.75 Å². The van der Waals surface area contributed by atoms with Crippen molar-refractivity contribution in [1.29, 1.82) is 0 Å². The lowest BCUT2D eigenvalue weighted by molar-refractivity contribution is -0.137. The lowest BCUT2D eigenvalue weighted by Gasteiger charge is -2.35. The zero-order valence-electron chi connectivity index (χ0n) is 12.0. The molecule has 1 N–H and O–H groups in total. The van der Waals surface area contributed by atoms with Crippen LogP contribution in [0, 0.1) is 0 Å². The Bertz CT molecular complexity index is 500. The molecule has 3 nitrogen and oxygen atoms in total. The molecule has 0 saturated carbocycles. The minimum Gasteiger partial charge on any atom is -0.496 e. The van der Waals surface area contributed by atoms with Gasteiger partial charge in [0.2, 0.25) is 0 Å². The number of halogens is 5. The second kappa shape index (κ2) is 6.78. The molecule has 0 aliphatic carbocycles. The summed E-state index contributed by atoms with van der Waals surface area (Å²) in [5, 5.41) is 3.05. The fraction of sp³-hybridized carbons (Fsp3) is 0.571. The van der Waals surface area contributed by atoms with Crippen LogP contribution in [0.2, 0.25) is 0 Å². The number of rotatable bonds is 4. The molecule has 22 heavy (non-hydrogen) atoms. The number of methoxy groups -OCH3 is 1. The molecule has 0 bridgehead atoms. The summed E-state index contributed by atoms with van der Waals surface area (Å²) in [6, 6.07) is 1.39. The summed E-state index contributed by atoms with van der Waals surface area (Å²) in [6.07, 6.45) is -7.26. The zero-order valence-corrected chi connectivity index (χ0v) is 12.0. The standard InChI is InChI=1S/C14H17F5N2O/c1-22-11-8-9(14(17,18)19)2-3-10(11)12(13(15)16)21-6-4-20-5-7-21/h2-3,8,12-13,20H,4-7H2,1H3/t12-/m1/s1. The summed E-state index contributed by atoms with van der Waals surface area (Å²) < 4.78 is 70.1. The highest BCUT2D eigenvalue weighted by Crippen LogP contribution is 2.38. The van der Waals surface area contributed by atoms with Crippen LogP contribution in [-0.4, -0.2) is 44.6 Å². The van der Waals surface area contributed by atoms with Gasteiger partial charge >= 0.3 is 6.18 Å². The SMILES string of the molecule is COc1cc(C(F)(F)F)ccc1[C@H](C(F)F)N1CCNCC1. The van der Waals surface area contributed by atoms with E-state index in [-0.39, 0.29) is 11.3 Å². The van der Waals surface area contributed by atoms with Gasteiger partial charge in [0.1, 0.15) is 5.75 Å². The van der Waals surface area contributed by atoms with Gasteiger partial charge < -0.3 is 10.1 Å². The second-order valence-corrected chi connectivity index (χ2v) is 5.02. The molecule has 0 spiro atoms. The highest BCUT2D eigenvalue weighted by molar-refractivity contribution is 5.41. The largest absolute Gasteiger partial charge is 0.496 e. The molecule has 1 fully saturated rings. The molecule has 0 unspecified atom stereocenters. The lowest BCUT2D eigenvalue weighted by atomic mass is 10.0. The molecular weight excluding hydrogens is 307 g/mol. The highest BCUT2D eigenvalue weighted by atomic mass is 19.4. The van der Waals surface area contributed by atoms with Crippen molar-refractivity contribution < 1.29 is 26.7 Å². The summed E-state index contributed by atoms with van der Waals surface area (Å²) in [5.41, 5.74) is -0.839. The number of benzene rings is 1. The molecular formula is C14H17F5N2O. The molecule has 0 aromatic heterocycles. The maximum atomic E-state index is 13.5. The number of hydrogen-bond acceptors (Lipinski definition) is 3. The molecule has 0 radical (unpaired) electrons. The smallest absolute Gasteiger partial charge is 0.416 e. The molecule has 1 aliphatic heterocycles. The van der Waals surface area contributed by atoms with E-state index in [1.165, 1.54) is 7.11 Å². The Morgan fingerprint density at radius 2 is 1.82 bits per heavy atom. The van der Waals surface area contributed by atoms with E-state index in [2.05, 4.69) is 5.32 Å². The molecule has 1 aromatic rings. The van der Waals surface area contributed by atoms with Crippen molar-refractivity contribution in [2.24, 2.45) is 0 Å². The van der Waals surface area contributed by atoms with Gasteiger partial charge in [-0.25, -0.2) is 8.78 Å². The van der Waals surface area contributed by atoms with E-state index < -0.39 is 24.2 Å². The first kappa shape index (κ1) is 17.0. The first-order chi connectivity index (χ1) is 10.3. The summed E-state index contributed by atoms with van der Waals surface area (Å²) in [6.45, 7) is 1.93. The van der Waals surface area contributed by atoms with E-state index in [1.54, 1.807) is 4.90 Å². The molecule has 2 rings (SSSR count). The van der Waals surface area contributed by atoms with Crippen LogP contribution >= 0.6 is 0 Å². The maximum absolute atomic E-state index is 13.5. The monoisotopic (exact) mass is 324 g/mol. The van der Waals surface area contributed by atoms with Crippen LogP contribution in [0.15, 0.2) is 18.2 Å². The van der Waals surface area contributed by atoms with Crippen LogP contribution in [0.25, 0.3) is 0 Å². The Balaban J connectivity index is 2.38. The number of hydrogen-bond donors (Lipinski definition) is 1. The van der Waals surface area contributed by atoms with E-state index in [9.17, 15) is 22.0 Å². The van der Waals surface area contributed by atoms with Crippen LogP contribution in [0.1, 0.15) is 17.2 Å². The van der Waals surface area contributed by atoms with Gasteiger partial charge in [-0.1, -0.05) is 6.07 Å². The van der Waals surface area contributed by atoms with Crippen molar-refractivity contribution in [2.45, 2.75) is 18.6 Å². The first-order valence-electron chi connectivity index (χ1n) is 6.82. The van der Waals surface area contributed by atoms with Crippen molar-refractivity contribution >= 4 is 0 Å². The Kier molecular flexibility index (Phi) is 5.23. The highest BCUT2D eigenvalue weighted by Gasteiger charge is 2.35. The number of ether oxygens (including phenoxy) is 1. The van der Waals surface area contributed by atoms with Crippen molar-refractivity contribution in [2.75, 3.05) is 33.3 Å². The van der Waals surface area contributed by atoms with Crippen molar-refractivity contribution in [3.63, 3.8) is 0 Å². The second-order valence-electron chi connectivity index (χ2n) is 5.02. The molecule has 8 heteroatoms. The van der Waals surface area contributed by atoms with Gasteiger partial charge in [-0.15, -0.1) is 0 Å². The molecule has 1 saturated heterocycles. The fourth-order valence-corrected chi connectivity index (χ4v) is 2.58. The van der Waals surface area contributed by atoms with Gasteiger partial charge in [-0.3, -0.25) is 4.90 Å². The average Bonchev–Trinajstić information content (AvgIpc) is 2.47. The third kappa shape index (κ3) is 3.67. The number of nitrogens with one attached hydrogen (secondary N) is 1. The Hall–Kier alpha value is -1.41. The summed E-state index contributed by atoms with van der Waals surface area (Å²) >= 11 is 0. The quantitative estimate of drug-likeness (QED) is 0.862. The molecule has 1 heterocycles. The number of piperazine rings is 1. The van der Waals surface area contributed by atoms with E-state index >= 15 is 0 Å². The predicted molar refractivity (Wildman–Crippen MR) is 71.2 cm³/mol. The van der Waals surface area contributed by atoms with Crippen LogP contribution in [0.3, 0.4) is 0 Å². The molecule has 1 atom stereocenters. The van der Waals surface area contributed by atoms with Gasteiger partial charge in [-0.05, 0) is 12.1 Å². The minimum absolute atomic E-state index is 0.0763.